The SMILES string of the molecule is Cl.NC(=NCCN1CCCCC1)C1COc2ccccc2O1. The maximum Gasteiger partial charge on any atom is 0.189 e. The number of rotatable bonds is 4. The minimum absolute atomic E-state index is 0. The Bertz CT molecular complexity index is 504. The Morgan fingerprint density at radius 1 is 1.18 bits per heavy atom. The van der Waals surface area contributed by atoms with Gasteiger partial charge in [0.15, 0.2) is 17.6 Å². The number of piperidine rings is 1. The normalized spacial score (nSPS) is 22.0. The van der Waals surface area contributed by atoms with E-state index in [-0.39, 0.29) is 18.5 Å². The molecule has 0 saturated carbocycles. The predicted octanol–water partition coefficient (Wildman–Crippen LogP) is 2.09. The van der Waals surface area contributed by atoms with Crippen molar-refractivity contribution in [3.8, 4) is 11.5 Å². The monoisotopic (exact) mass is 325 g/mol. The highest BCUT2D eigenvalue weighted by molar-refractivity contribution is 5.86. The zero-order chi connectivity index (χ0) is 14.5. The van der Waals surface area contributed by atoms with Crippen LogP contribution in [0.3, 0.4) is 0 Å². The van der Waals surface area contributed by atoms with Crippen molar-refractivity contribution in [2.75, 3.05) is 32.8 Å². The Kier molecular flexibility index (Phi) is 6.34. The predicted molar refractivity (Wildman–Crippen MR) is 90.4 cm³/mol. The summed E-state index contributed by atoms with van der Waals surface area (Å²) in [6, 6.07) is 7.64. The maximum atomic E-state index is 6.05. The van der Waals surface area contributed by atoms with Gasteiger partial charge < -0.3 is 20.1 Å². The fraction of sp³-hybridized carbons (Fsp3) is 0.562. The van der Waals surface area contributed by atoms with E-state index < -0.39 is 0 Å². The average molecular weight is 326 g/mol. The summed E-state index contributed by atoms with van der Waals surface area (Å²) in [6.07, 6.45) is 3.68. The molecule has 1 aromatic carbocycles. The number of aliphatic imine (C=N–C) groups is 1. The molecule has 22 heavy (non-hydrogen) atoms. The quantitative estimate of drug-likeness (QED) is 0.680. The first-order valence-corrected chi connectivity index (χ1v) is 7.73. The van der Waals surface area contributed by atoms with Crippen LogP contribution >= 0.6 is 12.4 Å². The largest absolute Gasteiger partial charge is 0.485 e. The summed E-state index contributed by atoms with van der Waals surface area (Å²) in [4.78, 5) is 6.91. The van der Waals surface area contributed by atoms with Gasteiger partial charge in [0.1, 0.15) is 12.4 Å². The van der Waals surface area contributed by atoms with Crippen LogP contribution in [0.4, 0.5) is 0 Å². The zero-order valence-corrected chi connectivity index (χ0v) is 13.6. The molecule has 1 saturated heterocycles. The second-order valence-electron chi connectivity index (χ2n) is 5.57. The molecule has 1 aromatic rings. The van der Waals surface area contributed by atoms with Gasteiger partial charge in [-0.15, -0.1) is 12.4 Å². The van der Waals surface area contributed by atoms with Crippen molar-refractivity contribution in [3.05, 3.63) is 24.3 Å². The molecule has 0 aromatic heterocycles. The van der Waals surface area contributed by atoms with E-state index >= 15 is 0 Å². The van der Waals surface area contributed by atoms with Crippen molar-refractivity contribution in [3.63, 3.8) is 0 Å². The molecule has 2 heterocycles. The van der Waals surface area contributed by atoms with Gasteiger partial charge in [-0.25, -0.2) is 0 Å². The van der Waals surface area contributed by atoms with Crippen molar-refractivity contribution >= 4 is 18.2 Å². The lowest BCUT2D eigenvalue weighted by Crippen LogP contribution is -2.41. The summed E-state index contributed by atoms with van der Waals surface area (Å²) in [5, 5.41) is 0. The van der Waals surface area contributed by atoms with Crippen LogP contribution in [0, 0.1) is 0 Å². The molecular formula is C16H24ClN3O2. The molecular weight excluding hydrogens is 302 g/mol. The fourth-order valence-electron chi connectivity index (χ4n) is 2.77. The van der Waals surface area contributed by atoms with Crippen LogP contribution in [0.1, 0.15) is 19.3 Å². The van der Waals surface area contributed by atoms with Crippen LogP contribution in [0.2, 0.25) is 0 Å². The first-order valence-electron chi connectivity index (χ1n) is 7.73. The number of hydrogen-bond acceptors (Lipinski definition) is 4. The average Bonchev–Trinajstić information content (AvgIpc) is 2.55. The Labute approximate surface area is 137 Å². The Morgan fingerprint density at radius 2 is 1.91 bits per heavy atom. The number of likely N-dealkylation sites (tertiary alicyclic amines) is 1. The number of halogens is 1. The molecule has 0 aliphatic carbocycles. The second-order valence-corrected chi connectivity index (χ2v) is 5.57. The van der Waals surface area contributed by atoms with E-state index in [0.717, 1.165) is 24.6 Å². The van der Waals surface area contributed by atoms with Gasteiger partial charge in [-0.1, -0.05) is 18.6 Å². The Morgan fingerprint density at radius 3 is 2.68 bits per heavy atom. The van der Waals surface area contributed by atoms with Crippen molar-refractivity contribution in [1.82, 2.24) is 4.90 Å². The number of nitrogens with zero attached hydrogens (tertiary/aromatic N) is 2. The van der Waals surface area contributed by atoms with Crippen LogP contribution in [0.5, 0.6) is 11.5 Å². The molecule has 0 amide bonds. The molecule has 2 N–H and O–H groups in total. The van der Waals surface area contributed by atoms with Crippen LogP contribution in [-0.2, 0) is 0 Å². The van der Waals surface area contributed by atoms with Crippen molar-refractivity contribution in [2.45, 2.75) is 25.4 Å². The number of amidine groups is 1. The molecule has 1 fully saturated rings. The van der Waals surface area contributed by atoms with Gasteiger partial charge in [0.05, 0.1) is 6.54 Å². The van der Waals surface area contributed by atoms with Gasteiger partial charge in [-0.05, 0) is 38.1 Å². The number of para-hydroxylation sites is 2. The molecule has 1 unspecified atom stereocenters. The minimum atomic E-state index is -0.277. The third kappa shape index (κ3) is 4.27. The molecule has 0 radical (unpaired) electrons. The Balaban J connectivity index is 0.00000176. The van der Waals surface area contributed by atoms with Crippen molar-refractivity contribution in [2.24, 2.45) is 10.7 Å². The molecule has 122 valence electrons. The van der Waals surface area contributed by atoms with Gasteiger partial charge in [0.25, 0.3) is 0 Å². The number of ether oxygens (including phenoxy) is 2. The molecule has 0 bridgehead atoms. The minimum Gasteiger partial charge on any atom is -0.485 e. The molecule has 5 nitrogen and oxygen atoms in total. The highest BCUT2D eigenvalue weighted by Gasteiger charge is 2.23. The van der Waals surface area contributed by atoms with E-state index in [1.165, 1.54) is 32.4 Å². The maximum absolute atomic E-state index is 6.05. The van der Waals surface area contributed by atoms with Crippen LogP contribution in [0.15, 0.2) is 29.3 Å². The van der Waals surface area contributed by atoms with Gasteiger partial charge in [0.2, 0.25) is 0 Å². The summed E-state index contributed by atoms with van der Waals surface area (Å²) >= 11 is 0. The summed E-state index contributed by atoms with van der Waals surface area (Å²) in [5.41, 5.74) is 6.05. The van der Waals surface area contributed by atoms with E-state index in [1.807, 2.05) is 24.3 Å². The Hall–Kier alpha value is -1.46. The van der Waals surface area contributed by atoms with Gasteiger partial charge >= 0.3 is 0 Å². The third-order valence-corrected chi connectivity index (χ3v) is 4.00. The highest BCUT2D eigenvalue weighted by Crippen LogP contribution is 2.30. The van der Waals surface area contributed by atoms with Gasteiger partial charge in [-0.2, -0.15) is 0 Å². The van der Waals surface area contributed by atoms with Crippen LogP contribution in [0.25, 0.3) is 0 Å². The van der Waals surface area contributed by atoms with Gasteiger partial charge in [0, 0.05) is 6.54 Å². The fourth-order valence-corrected chi connectivity index (χ4v) is 2.77. The third-order valence-electron chi connectivity index (χ3n) is 4.00. The number of benzene rings is 1. The van der Waals surface area contributed by atoms with Crippen LogP contribution in [-0.4, -0.2) is 49.6 Å². The number of nitrogens with two attached hydrogens (primary N) is 1. The van der Waals surface area contributed by atoms with E-state index in [9.17, 15) is 0 Å². The van der Waals surface area contributed by atoms with Crippen LogP contribution < -0.4 is 15.2 Å². The molecule has 6 heteroatoms. The first-order chi connectivity index (χ1) is 10.3. The topological polar surface area (TPSA) is 60.1 Å². The van der Waals surface area contributed by atoms with E-state index in [1.54, 1.807) is 0 Å². The lowest BCUT2D eigenvalue weighted by Gasteiger charge is -2.27. The highest BCUT2D eigenvalue weighted by atomic mass is 35.5. The first kappa shape index (κ1) is 16.9. The summed E-state index contributed by atoms with van der Waals surface area (Å²) < 4.78 is 11.5. The van der Waals surface area contributed by atoms with Gasteiger partial charge in [-0.3, -0.25) is 4.99 Å². The van der Waals surface area contributed by atoms with Crippen molar-refractivity contribution in [1.29, 1.82) is 0 Å². The molecule has 2 aliphatic heterocycles. The smallest absolute Gasteiger partial charge is 0.189 e. The summed E-state index contributed by atoms with van der Waals surface area (Å²) in [5.74, 6) is 2.04. The summed E-state index contributed by atoms with van der Waals surface area (Å²) in [7, 11) is 0. The molecule has 0 spiro atoms. The molecule has 2 aliphatic rings. The molecule has 1 atom stereocenters. The van der Waals surface area contributed by atoms with Crippen molar-refractivity contribution < 1.29 is 9.47 Å². The lowest BCUT2D eigenvalue weighted by atomic mass is 10.1. The molecule has 3 rings (SSSR count). The zero-order valence-electron chi connectivity index (χ0n) is 12.7. The van der Waals surface area contributed by atoms with E-state index in [2.05, 4.69) is 9.89 Å². The van der Waals surface area contributed by atoms with E-state index in [4.69, 9.17) is 15.2 Å². The van der Waals surface area contributed by atoms with E-state index in [0.29, 0.717) is 12.4 Å². The summed E-state index contributed by atoms with van der Waals surface area (Å²) in [6.45, 7) is 4.51. The second kappa shape index (κ2) is 8.25. The standard InChI is InChI=1S/C16H23N3O2.ClH/c17-16(18-8-11-19-9-4-1-5-10-19)15-12-20-13-6-2-3-7-14(13)21-15;/h2-3,6-7,15H,1,4-5,8-12H2,(H2,17,18);1H. The lowest BCUT2D eigenvalue weighted by molar-refractivity contribution is 0.134. The number of fused-ring (bicyclic) bond motifs is 1. The number of hydrogen-bond donors (Lipinski definition) is 1.